The van der Waals surface area contributed by atoms with E-state index < -0.39 is 23.3 Å². The number of thiazole rings is 2. The fraction of sp³-hybridized carbons (Fsp3) is 0.190. The molecule has 0 atom stereocenters. The molecule has 0 bridgehead atoms. The third kappa shape index (κ3) is 7.54. The minimum absolute atomic E-state index is 0.00142. The molecule has 2 N–H and O–H groups in total. The minimum Gasteiger partial charge on any atom is -0.444 e. The van der Waals surface area contributed by atoms with Gasteiger partial charge in [-0.25, -0.2) is 32.5 Å². The first kappa shape index (κ1) is 36.3. The topological polar surface area (TPSA) is 92.9 Å². The summed E-state index contributed by atoms with van der Waals surface area (Å²) in [6.07, 6.45) is 9.38. The van der Waals surface area contributed by atoms with Crippen LogP contribution in [0.4, 0.5) is 27.8 Å². The molecule has 9 rings (SSSR count). The molecule has 0 spiro atoms. The first-order valence-corrected chi connectivity index (χ1v) is 19.4. The smallest absolute Gasteiger partial charge is 0.183 e. The van der Waals surface area contributed by atoms with Crippen LogP contribution in [0.3, 0.4) is 0 Å². The molecular weight excluding hydrogens is 747 g/mol. The Morgan fingerprint density at radius 3 is 1.65 bits per heavy atom. The highest BCUT2D eigenvalue weighted by molar-refractivity contribution is 7.19. The van der Waals surface area contributed by atoms with Crippen molar-refractivity contribution in [2.24, 2.45) is 0 Å². The number of carbonyl (C=O) groups is 1. The van der Waals surface area contributed by atoms with E-state index in [2.05, 4.69) is 26.7 Å². The number of aromatic nitrogens is 3. The molecule has 278 valence electrons. The van der Waals surface area contributed by atoms with Gasteiger partial charge in [-0.3, -0.25) is 4.79 Å². The van der Waals surface area contributed by atoms with Crippen LogP contribution >= 0.6 is 22.7 Å². The number of halogens is 4. The molecule has 0 radical (unpaired) electrons. The lowest BCUT2D eigenvalue weighted by molar-refractivity contribution is 0.112. The van der Waals surface area contributed by atoms with Crippen LogP contribution in [0.1, 0.15) is 56.8 Å². The van der Waals surface area contributed by atoms with Gasteiger partial charge in [0.15, 0.2) is 22.4 Å². The number of nitrogens with one attached hydrogen (secondary N) is 2. The zero-order valence-electron chi connectivity index (χ0n) is 29.3. The summed E-state index contributed by atoms with van der Waals surface area (Å²) in [5.41, 5.74) is 8.20. The highest BCUT2D eigenvalue weighted by atomic mass is 32.1. The Morgan fingerprint density at radius 2 is 1.13 bits per heavy atom. The number of aldehydes is 1. The van der Waals surface area contributed by atoms with Crippen molar-refractivity contribution in [2.45, 2.75) is 51.6 Å². The van der Waals surface area contributed by atoms with Gasteiger partial charge >= 0.3 is 0 Å². The largest absolute Gasteiger partial charge is 0.444 e. The van der Waals surface area contributed by atoms with Gasteiger partial charge in [0.25, 0.3) is 0 Å². The second-order valence-electron chi connectivity index (χ2n) is 13.1. The zero-order chi connectivity index (χ0) is 37.9. The van der Waals surface area contributed by atoms with Crippen molar-refractivity contribution in [1.82, 2.24) is 15.0 Å². The first-order valence-electron chi connectivity index (χ1n) is 17.8. The number of aryl methyl sites for hydroxylation is 2. The second kappa shape index (κ2) is 16.0. The predicted molar refractivity (Wildman–Crippen MR) is 207 cm³/mol. The van der Waals surface area contributed by atoms with Gasteiger partial charge in [0.2, 0.25) is 0 Å². The quantitative estimate of drug-likeness (QED) is 0.117. The molecule has 0 fully saturated rings. The second-order valence-corrected chi connectivity index (χ2v) is 15.1. The molecule has 0 amide bonds. The lowest BCUT2D eigenvalue weighted by atomic mass is 9.96. The Labute approximate surface area is 322 Å². The van der Waals surface area contributed by atoms with Crippen LogP contribution in [0.5, 0.6) is 0 Å². The predicted octanol–water partition coefficient (Wildman–Crippen LogP) is 10.8. The molecule has 2 aliphatic rings. The van der Waals surface area contributed by atoms with Crippen molar-refractivity contribution in [3.63, 3.8) is 0 Å². The van der Waals surface area contributed by atoms with E-state index in [1.165, 1.54) is 71.0 Å². The molecule has 0 aliphatic heterocycles. The number of rotatable bonds is 8. The SMILES string of the molecule is Fc1cccc(F)c1CNc1nc2c(s1)-c1cccc(-c3cnco3)c1CCC2.O=Cc1cccc2c1CCCc1nc(NCc3c(F)cccc3F)sc1-2. The summed E-state index contributed by atoms with van der Waals surface area (Å²) in [4.78, 5) is 26.8. The van der Waals surface area contributed by atoms with Gasteiger partial charge in [-0.2, -0.15) is 0 Å². The van der Waals surface area contributed by atoms with Crippen molar-refractivity contribution in [1.29, 1.82) is 0 Å². The van der Waals surface area contributed by atoms with Crippen LogP contribution in [-0.4, -0.2) is 21.2 Å². The molecule has 7 nitrogen and oxygen atoms in total. The van der Waals surface area contributed by atoms with Crippen LogP contribution in [0.2, 0.25) is 0 Å². The third-order valence-corrected chi connectivity index (χ3v) is 11.9. The van der Waals surface area contributed by atoms with Gasteiger partial charge < -0.3 is 15.1 Å². The van der Waals surface area contributed by atoms with Crippen LogP contribution < -0.4 is 10.6 Å². The molecule has 0 unspecified atom stereocenters. The summed E-state index contributed by atoms with van der Waals surface area (Å²) < 4.78 is 60.9. The van der Waals surface area contributed by atoms with Crippen LogP contribution in [0, 0.1) is 23.3 Å². The van der Waals surface area contributed by atoms with Crippen molar-refractivity contribution in [2.75, 3.05) is 10.6 Å². The Bertz CT molecular complexity index is 2460. The summed E-state index contributed by atoms with van der Waals surface area (Å²) in [6.45, 7) is 0.0853. The normalized spacial score (nSPS) is 12.9. The van der Waals surface area contributed by atoms with Gasteiger partial charge in [0, 0.05) is 35.3 Å². The van der Waals surface area contributed by atoms with E-state index in [4.69, 9.17) is 9.40 Å². The number of fused-ring (bicyclic) bond motifs is 6. The van der Waals surface area contributed by atoms with E-state index in [9.17, 15) is 22.4 Å². The van der Waals surface area contributed by atoms with Crippen molar-refractivity contribution < 1.29 is 26.8 Å². The average molecular weight is 780 g/mol. The van der Waals surface area contributed by atoms with E-state index in [1.54, 1.807) is 6.20 Å². The van der Waals surface area contributed by atoms with Crippen molar-refractivity contribution in [3.8, 4) is 32.2 Å². The van der Waals surface area contributed by atoms with Crippen molar-refractivity contribution in [3.05, 3.63) is 148 Å². The monoisotopic (exact) mass is 779 g/mol. The zero-order valence-corrected chi connectivity index (χ0v) is 30.9. The molecule has 0 saturated carbocycles. The fourth-order valence-corrected chi connectivity index (χ4v) is 9.19. The summed E-state index contributed by atoms with van der Waals surface area (Å²) >= 11 is 2.97. The van der Waals surface area contributed by atoms with Gasteiger partial charge in [0.05, 0.1) is 27.3 Å². The van der Waals surface area contributed by atoms with E-state index in [1.807, 2.05) is 30.3 Å². The molecule has 3 aromatic heterocycles. The Kier molecular flexibility index (Phi) is 10.6. The lowest BCUT2D eigenvalue weighted by Gasteiger charge is -2.10. The van der Waals surface area contributed by atoms with Gasteiger partial charge in [0.1, 0.15) is 29.6 Å². The Hall–Kier alpha value is -5.66. The van der Waals surface area contributed by atoms with Crippen molar-refractivity contribution >= 4 is 39.2 Å². The molecular formula is C42H33F4N5O2S2. The number of oxazole rings is 1. The molecule has 2 aliphatic carbocycles. The van der Waals surface area contributed by atoms with E-state index in [-0.39, 0.29) is 24.2 Å². The van der Waals surface area contributed by atoms with E-state index in [0.717, 1.165) is 94.0 Å². The summed E-state index contributed by atoms with van der Waals surface area (Å²) in [6, 6.07) is 19.6. The van der Waals surface area contributed by atoms with E-state index >= 15 is 0 Å². The standard InChI is InChI=1S/C22H17F2N3OS.C20H16F2N2OS/c23-17-7-3-8-18(24)16(17)10-26-22-27-19-9-2-4-13-14(20-11-25-12-28-20)5-1-6-15(13)21(19)29-22;21-16-7-3-8-17(22)15(16)10-23-20-24-18-9-2-5-13-12(11-25)4-1-6-14(13)19(18)26-20/h1,3,5-8,11-12H,2,4,9-10H2,(H,26,27);1,3-4,6-8,11H,2,5,9-10H2,(H,23,24). The lowest BCUT2D eigenvalue weighted by Crippen LogP contribution is -2.04. The molecule has 3 heterocycles. The molecule has 0 saturated heterocycles. The molecule has 7 aromatic rings. The molecule has 4 aromatic carbocycles. The highest BCUT2D eigenvalue weighted by Gasteiger charge is 2.24. The fourth-order valence-electron chi connectivity index (χ4n) is 7.07. The summed E-state index contributed by atoms with van der Waals surface area (Å²) in [7, 11) is 0. The van der Waals surface area contributed by atoms with Crippen LogP contribution in [-0.2, 0) is 38.8 Å². The number of hydrogen-bond donors (Lipinski definition) is 2. The maximum Gasteiger partial charge on any atom is 0.183 e. The Morgan fingerprint density at radius 1 is 0.636 bits per heavy atom. The number of carbonyl (C=O) groups excluding carboxylic acids is 1. The first-order chi connectivity index (χ1) is 26.9. The van der Waals surface area contributed by atoms with Gasteiger partial charge in [-0.05, 0) is 85.0 Å². The number of nitrogens with zero attached hydrogens (tertiary/aromatic N) is 3. The number of anilines is 2. The maximum atomic E-state index is 13.9. The van der Waals surface area contributed by atoms with Crippen LogP contribution in [0.15, 0.2) is 89.8 Å². The molecule has 13 heteroatoms. The summed E-state index contributed by atoms with van der Waals surface area (Å²) in [5, 5.41) is 7.42. The number of hydrogen-bond acceptors (Lipinski definition) is 9. The van der Waals surface area contributed by atoms with Crippen LogP contribution in [0.25, 0.3) is 32.2 Å². The van der Waals surface area contributed by atoms with Gasteiger partial charge in [-0.1, -0.05) is 71.2 Å². The Balaban J connectivity index is 0.000000156. The molecule has 55 heavy (non-hydrogen) atoms. The summed E-state index contributed by atoms with van der Waals surface area (Å²) in [5.74, 6) is -1.51. The number of benzene rings is 4. The third-order valence-electron chi connectivity index (χ3n) is 9.73. The maximum absolute atomic E-state index is 13.9. The average Bonchev–Trinajstić information content (AvgIpc) is 3.91. The van der Waals surface area contributed by atoms with E-state index in [0.29, 0.717) is 15.8 Å². The minimum atomic E-state index is -0.573. The van der Waals surface area contributed by atoms with Gasteiger partial charge in [-0.15, -0.1) is 0 Å². The highest BCUT2D eigenvalue weighted by Crippen LogP contribution is 2.43.